The van der Waals surface area contributed by atoms with Crippen molar-refractivity contribution in [2.45, 2.75) is 0 Å². The van der Waals surface area contributed by atoms with Crippen molar-refractivity contribution in [3.8, 4) is 11.3 Å². The number of hydrogen-bond acceptors (Lipinski definition) is 4. The molecule has 6 nitrogen and oxygen atoms in total. The standard InChI is InChI=1S/C17H12N4O2/c18-15-16-19-9-14(10-4-3-5-11(8-10)17(22)23)21(16)13-7-2-1-6-12(13)20-15/h1-9H,(H2,18,20)(H,22,23). The minimum Gasteiger partial charge on any atom is -0.478 e. The van der Waals surface area contributed by atoms with E-state index >= 15 is 0 Å². The number of aromatic nitrogens is 3. The van der Waals surface area contributed by atoms with Crippen LogP contribution in [0.2, 0.25) is 0 Å². The van der Waals surface area contributed by atoms with Crippen molar-refractivity contribution in [2.75, 3.05) is 5.73 Å². The van der Waals surface area contributed by atoms with Gasteiger partial charge in [-0.1, -0.05) is 24.3 Å². The molecule has 0 aliphatic rings. The van der Waals surface area contributed by atoms with Crippen LogP contribution < -0.4 is 5.73 Å². The van der Waals surface area contributed by atoms with E-state index in [2.05, 4.69) is 9.97 Å². The minimum absolute atomic E-state index is 0.226. The van der Waals surface area contributed by atoms with Crippen LogP contribution in [-0.2, 0) is 0 Å². The molecule has 0 unspecified atom stereocenters. The summed E-state index contributed by atoms with van der Waals surface area (Å²) in [6, 6.07) is 14.4. The number of carboxylic acids is 1. The second-order valence-corrected chi connectivity index (χ2v) is 5.17. The molecule has 0 bridgehead atoms. The van der Waals surface area contributed by atoms with Crippen molar-refractivity contribution in [3.63, 3.8) is 0 Å². The molecule has 0 amide bonds. The Morgan fingerprint density at radius 2 is 1.96 bits per heavy atom. The highest BCUT2D eigenvalue weighted by molar-refractivity contribution is 5.90. The van der Waals surface area contributed by atoms with E-state index < -0.39 is 5.97 Å². The zero-order chi connectivity index (χ0) is 16.0. The van der Waals surface area contributed by atoms with Crippen molar-refractivity contribution in [3.05, 3.63) is 60.3 Å². The number of anilines is 1. The molecular weight excluding hydrogens is 292 g/mol. The third kappa shape index (κ3) is 2.00. The highest BCUT2D eigenvalue weighted by Crippen LogP contribution is 2.27. The van der Waals surface area contributed by atoms with E-state index in [9.17, 15) is 9.90 Å². The Bertz CT molecular complexity index is 1070. The van der Waals surface area contributed by atoms with Gasteiger partial charge < -0.3 is 10.8 Å². The van der Waals surface area contributed by atoms with Crippen molar-refractivity contribution >= 4 is 28.5 Å². The smallest absolute Gasteiger partial charge is 0.335 e. The molecule has 0 saturated carbocycles. The van der Waals surface area contributed by atoms with Gasteiger partial charge in [0.25, 0.3) is 0 Å². The Kier molecular flexibility index (Phi) is 2.77. The normalized spacial score (nSPS) is 11.1. The predicted octanol–water partition coefficient (Wildman–Crippen LogP) is 2.83. The number of nitrogen functional groups attached to an aromatic ring is 1. The maximum Gasteiger partial charge on any atom is 0.335 e. The van der Waals surface area contributed by atoms with E-state index in [4.69, 9.17) is 5.73 Å². The zero-order valence-electron chi connectivity index (χ0n) is 12.0. The average Bonchev–Trinajstić information content (AvgIpc) is 3.01. The number of fused-ring (bicyclic) bond motifs is 3. The molecule has 23 heavy (non-hydrogen) atoms. The molecule has 2 aromatic heterocycles. The van der Waals surface area contributed by atoms with Crippen molar-refractivity contribution < 1.29 is 9.90 Å². The monoisotopic (exact) mass is 304 g/mol. The van der Waals surface area contributed by atoms with Gasteiger partial charge in [-0.25, -0.2) is 14.8 Å². The average molecular weight is 304 g/mol. The molecule has 4 aromatic rings. The number of para-hydroxylation sites is 2. The van der Waals surface area contributed by atoms with Crippen LogP contribution in [0.25, 0.3) is 27.9 Å². The summed E-state index contributed by atoms with van der Waals surface area (Å²) in [5.41, 5.74) is 9.93. The van der Waals surface area contributed by atoms with Gasteiger partial charge in [0.1, 0.15) is 0 Å². The van der Waals surface area contributed by atoms with Gasteiger partial charge in [0.2, 0.25) is 0 Å². The molecule has 3 N–H and O–H groups in total. The van der Waals surface area contributed by atoms with Gasteiger partial charge in [0, 0.05) is 5.56 Å². The lowest BCUT2D eigenvalue weighted by Crippen LogP contribution is -2.00. The Balaban J connectivity index is 2.09. The summed E-state index contributed by atoms with van der Waals surface area (Å²) in [7, 11) is 0. The predicted molar refractivity (Wildman–Crippen MR) is 87.3 cm³/mol. The molecular formula is C17H12N4O2. The summed E-state index contributed by atoms with van der Waals surface area (Å²) in [5, 5.41) is 9.18. The maximum absolute atomic E-state index is 11.2. The Morgan fingerprint density at radius 1 is 1.13 bits per heavy atom. The number of nitrogens with zero attached hydrogens (tertiary/aromatic N) is 3. The van der Waals surface area contributed by atoms with E-state index in [1.54, 1.807) is 24.4 Å². The molecule has 112 valence electrons. The fourth-order valence-electron chi connectivity index (χ4n) is 2.72. The van der Waals surface area contributed by atoms with Crippen molar-refractivity contribution in [1.82, 2.24) is 14.4 Å². The number of nitrogens with two attached hydrogens (primary N) is 1. The molecule has 0 radical (unpaired) electrons. The van der Waals surface area contributed by atoms with E-state index in [1.807, 2.05) is 34.7 Å². The zero-order valence-corrected chi connectivity index (χ0v) is 12.0. The van der Waals surface area contributed by atoms with Crippen LogP contribution in [0.4, 0.5) is 5.82 Å². The fourth-order valence-corrected chi connectivity index (χ4v) is 2.72. The number of hydrogen-bond donors (Lipinski definition) is 2. The Morgan fingerprint density at radius 3 is 2.78 bits per heavy atom. The summed E-state index contributed by atoms with van der Waals surface area (Å²) in [4.78, 5) is 19.9. The van der Waals surface area contributed by atoms with Gasteiger partial charge in [0.15, 0.2) is 11.5 Å². The molecule has 2 aromatic carbocycles. The highest BCUT2D eigenvalue weighted by Gasteiger charge is 2.14. The third-order valence-corrected chi connectivity index (χ3v) is 3.76. The number of imidazole rings is 1. The fraction of sp³-hybridized carbons (Fsp3) is 0. The van der Waals surface area contributed by atoms with Crippen LogP contribution in [0.3, 0.4) is 0 Å². The van der Waals surface area contributed by atoms with Crippen LogP contribution in [0, 0.1) is 0 Å². The van der Waals surface area contributed by atoms with Crippen LogP contribution in [0.15, 0.2) is 54.7 Å². The summed E-state index contributed by atoms with van der Waals surface area (Å²) in [6.45, 7) is 0. The number of benzene rings is 2. The Hall–Kier alpha value is -3.41. The van der Waals surface area contributed by atoms with E-state index in [0.717, 1.165) is 22.3 Å². The topological polar surface area (TPSA) is 93.5 Å². The van der Waals surface area contributed by atoms with Gasteiger partial charge in [0.05, 0.1) is 28.5 Å². The van der Waals surface area contributed by atoms with Gasteiger partial charge in [-0.15, -0.1) is 0 Å². The Labute approximate surface area is 130 Å². The number of carbonyl (C=O) groups is 1. The summed E-state index contributed by atoms with van der Waals surface area (Å²) < 4.78 is 1.90. The first-order valence-corrected chi connectivity index (χ1v) is 7.00. The maximum atomic E-state index is 11.2. The highest BCUT2D eigenvalue weighted by atomic mass is 16.4. The van der Waals surface area contributed by atoms with Crippen LogP contribution in [0.1, 0.15) is 10.4 Å². The van der Waals surface area contributed by atoms with E-state index in [1.165, 1.54) is 0 Å². The number of rotatable bonds is 2. The lowest BCUT2D eigenvalue weighted by molar-refractivity contribution is 0.0697. The summed E-state index contributed by atoms with van der Waals surface area (Å²) in [5.74, 6) is -0.629. The van der Waals surface area contributed by atoms with Gasteiger partial charge in [-0.2, -0.15) is 0 Å². The molecule has 0 fully saturated rings. The second-order valence-electron chi connectivity index (χ2n) is 5.17. The van der Waals surface area contributed by atoms with E-state index in [0.29, 0.717) is 11.5 Å². The molecule has 6 heteroatoms. The lowest BCUT2D eigenvalue weighted by atomic mass is 10.1. The molecule has 4 rings (SSSR count). The van der Waals surface area contributed by atoms with Gasteiger partial charge >= 0.3 is 5.97 Å². The van der Waals surface area contributed by atoms with Gasteiger partial charge in [-0.05, 0) is 24.3 Å². The first-order valence-electron chi connectivity index (χ1n) is 7.00. The first kappa shape index (κ1) is 13.3. The molecule has 0 saturated heterocycles. The third-order valence-electron chi connectivity index (χ3n) is 3.76. The molecule has 0 aliphatic carbocycles. The molecule has 0 aliphatic heterocycles. The lowest BCUT2D eigenvalue weighted by Gasteiger charge is -2.08. The summed E-state index contributed by atoms with van der Waals surface area (Å²) in [6.07, 6.45) is 1.68. The quantitative estimate of drug-likeness (QED) is 0.594. The van der Waals surface area contributed by atoms with Crippen molar-refractivity contribution in [1.29, 1.82) is 0 Å². The molecule has 2 heterocycles. The van der Waals surface area contributed by atoms with Crippen LogP contribution in [0.5, 0.6) is 0 Å². The van der Waals surface area contributed by atoms with Crippen molar-refractivity contribution in [2.24, 2.45) is 0 Å². The molecule has 0 spiro atoms. The first-order chi connectivity index (χ1) is 11.1. The largest absolute Gasteiger partial charge is 0.478 e. The number of aromatic carboxylic acids is 1. The SMILES string of the molecule is Nc1nc2ccccc2n2c(-c3cccc(C(=O)O)c3)cnc12. The summed E-state index contributed by atoms with van der Waals surface area (Å²) >= 11 is 0. The van der Waals surface area contributed by atoms with Crippen LogP contribution in [-0.4, -0.2) is 25.4 Å². The van der Waals surface area contributed by atoms with E-state index in [-0.39, 0.29) is 5.56 Å². The molecule has 0 atom stereocenters. The van der Waals surface area contributed by atoms with Crippen LogP contribution >= 0.6 is 0 Å². The van der Waals surface area contributed by atoms with Gasteiger partial charge in [-0.3, -0.25) is 4.40 Å². The number of carboxylic acid groups (broad SMARTS) is 1. The minimum atomic E-state index is -0.966. The second kappa shape index (κ2) is 4.81.